The molecule has 0 spiro atoms. The molecule has 8 heteroatoms. The number of anilines is 2. The summed E-state index contributed by atoms with van der Waals surface area (Å²) in [6.07, 6.45) is -0.405. The number of benzene rings is 2. The van der Waals surface area contributed by atoms with Crippen LogP contribution in [-0.2, 0) is 11.3 Å². The Kier molecular flexibility index (Phi) is 7.02. The molecular weight excluding hydrogens is 408 g/mol. The van der Waals surface area contributed by atoms with Crippen molar-refractivity contribution in [1.82, 2.24) is 10.2 Å². The number of hydrogen-bond acceptors (Lipinski definition) is 4. The normalized spacial score (nSPS) is 13.5. The van der Waals surface area contributed by atoms with Crippen LogP contribution in [-0.4, -0.2) is 48.2 Å². The van der Waals surface area contributed by atoms with E-state index in [0.717, 1.165) is 5.56 Å². The van der Waals surface area contributed by atoms with Crippen LogP contribution in [0.15, 0.2) is 48.5 Å². The number of nitrogens with zero attached hydrogens (tertiary/aromatic N) is 2. The number of amides is 4. The molecule has 2 N–H and O–H groups in total. The quantitative estimate of drug-likeness (QED) is 0.706. The second-order valence-electron chi connectivity index (χ2n) is 8.54. The average Bonchev–Trinajstić information content (AvgIpc) is 3.17. The molecule has 1 heterocycles. The summed E-state index contributed by atoms with van der Waals surface area (Å²) in [5.74, 6) is -0.292. The molecule has 3 rings (SSSR count). The van der Waals surface area contributed by atoms with E-state index in [9.17, 15) is 14.4 Å². The zero-order chi connectivity index (χ0) is 23.3. The topological polar surface area (TPSA) is 91.0 Å². The van der Waals surface area contributed by atoms with E-state index in [-0.39, 0.29) is 11.9 Å². The zero-order valence-electron chi connectivity index (χ0n) is 19.0. The van der Waals surface area contributed by atoms with E-state index in [0.29, 0.717) is 43.1 Å². The maximum absolute atomic E-state index is 13.0. The van der Waals surface area contributed by atoms with Crippen molar-refractivity contribution >= 4 is 29.4 Å². The molecule has 32 heavy (non-hydrogen) atoms. The van der Waals surface area contributed by atoms with Gasteiger partial charge in [-0.25, -0.2) is 9.59 Å². The lowest BCUT2D eigenvalue weighted by molar-refractivity contribution is 0.0245. The molecule has 0 saturated carbocycles. The Labute approximate surface area is 188 Å². The molecule has 0 bridgehead atoms. The summed E-state index contributed by atoms with van der Waals surface area (Å²) in [4.78, 5) is 40.6. The molecule has 2 aromatic rings. The number of para-hydroxylation sites is 1. The first-order valence-corrected chi connectivity index (χ1v) is 10.7. The minimum Gasteiger partial charge on any atom is -0.444 e. The molecular formula is C24H30N4O4. The summed E-state index contributed by atoms with van der Waals surface area (Å²) >= 11 is 0. The SMILES string of the molecule is CCN(Cc1ccccc1NC(=O)c1cccc(N2CCNC2=O)c1)C(=O)OC(C)(C)C. The molecule has 170 valence electrons. The molecule has 0 aliphatic carbocycles. The van der Waals surface area contributed by atoms with Crippen molar-refractivity contribution in [2.24, 2.45) is 0 Å². The van der Waals surface area contributed by atoms with Gasteiger partial charge in [-0.1, -0.05) is 24.3 Å². The van der Waals surface area contributed by atoms with E-state index < -0.39 is 11.7 Å². The average molecular weight is 439 g/mol. The molecule has 1 aliphatic heterocycles. The lowest BCUT2D eigenvalue weighted by atomic mass is 10.1. The Morgan fingerprint density at radius 2 is 1.91 bits per heavy atom. The van der Waals surface area contributed by atoms with Gasteiger partial charge >= 0.3 is 12.1 Å². The second kappa shape index (κ2) is 9.72. The first kappa shape index (κ1) is 23.1. The minimum atomic E-state index is -0.588. The van der Waals surface area contributed by atoms with Crippen LogP contribution < -0.4 is 15.5 Å². The van der Waals surface area contributed by atoms with Crippen molar-refractivity contribution in [1.29, 1.82) is 0 Å². The van der Waals surface area contributed by atoms with Gasteiger partial charge in [-0.15, -0.1) is 0 Å². The Morgan fingerprint density at radius 1 is 1.16 bits per heavy atom. The van der Waals surface area contributed by atoms with Crippen molar-refractivity contribution in [3.63, 3.8) is 0 Å². The van der Waals surface area contributed by atoms with Gasteiger partial charge in [0.15, 0.2) is 0 Å². The summed E-state index contributed by atoms with van der Waals surface area (Å²) in [6.45, 7) is 9.27. The number of hydrogen-bond donors (Lipinski definition) is 2. The van der Waals surface area contributed by atoms with Gasteiger partial charge < -0.3 is 20.3 Å². The smallest absolute Gasteiger partial charge is 0.410 e. The zero-order valence-corrected chi connectivity index (χ0v) is 19.0. The molecule has 0 atom stereocenters. The number of rotatable bonds is 6. The van der Waals surface area contributed by atoms with Gasteiger partial charge in [0.1, 0.15) is 5.60 Å². The molecule has 1 saturated heterocycles. The fraction of sp³-hybridized carbons (Fsp3) is 0.375. The van der Waals surface area contributed by atoms with Crippen molar-refractivity contribution in [3.8, 4) is 0 Å². The van der Waals surface area contributed by atoms with Gasteiger partial charge in [-0.2, -0.15) is 0 Å². The van der Waals surface area contributed by atoms with E-state index in [1.165, 1.54) is 0 Å². The van der Waals surface area contributed by atoms with E-state index in [2.05, 4.69) is 10.6 Å². The number of ether oxygens (including phenoxy) is 1. The van der Waals surface area contributed by atoms with Crippen LogP contribution in [0.2, 0.25) is 0 Å². The highest BCUT2D eigenvalue weighted by molar-refractivity contribution is 6.06. The molecule has 8 nitrogen and oxygen atoms in total. The number of carbonyl (C=O) groups excluding carboxylic acids is 3. The molecule has 0 radical (unpaired) electrons. The fourth-order valence-corrected chi connectivity index (χ4v) is 3.35. The van der Waals surface area contributed by atoms with E-state index in [1.54, 1.807) is 40.1 Å². The van der Waals surface area contributed by atoms with Crippen LogP contribution in [0, 0.1) is 0 Å². The standard InChI is InChI=1S/C24H30N4O4/c1-5-27(23(31)32-24(2,3)4)16-18-9-6-7-12-20(18)26-21(29)17-10-8-11-19(15-17)28-14-13-25-22(28)30/h6-12,15H,5,13-14,16H2,1-4H3,(H,25,30)(H,26,29). The predicted molar refractivity (Wildman–Crippen MR) is 124 cm³/mol. The number of carbonyl (C=O) groups is 3. The number of urea groups is 1. The summed E-state index contributed by atoms with van der Waals surface area (Å²) in [6, 6.07) is 14.1. The van der Waals surface area contributed by atoms with Crippen LogP contribution >= 0.6 is 0 Å². The van der Waals surface area contributed by atoms with Crippen LogP contribution in [0.5, 0.6) is 0 Å². The van der Waals surface area contributed by atoms with Gasteiger partial charge in [-0.3, -0.25) is 9.69 Å². The maximum atomic E-state index is 13.0. The third-order valence-corrected chi connectivity index (χ3v) is 4.94. The van der Waals surface area contributed by atoms with Crippen molar-refractivity contribution in [3.05, 3.63) is 59.7 Å². The van der Waals surface area contributed by atoms with Crippen molar-refractivity contribution in [2.45, 2.75) is 39.8 Å². The van der Waals surface area contributed by atoms with Gasteiger partial charge in [-0.05, 0) is 57.5 Å². The first-order chi connectivity index (χ1) is 15.2. The Bertz CT molecular complexity index is 999. The second-order valence-corrected chi connectivity index (χ2v) is 8.54. The highest BCUT2D eigenvalue weighted by Crippen LogP contribution is 2.22. The highest BCUT2D eigenvalue weighted by Gasteiger charge is 2.23. The largest absolute Gasteiger partial charge is 0.444 e. The van der Waals surface area contributed by atoms with Crippen molar-refractivity contribution in [2.75, 3.05) is 29.9 Å². The summed E-state index contributed by atoms with van der Waals surface area (Å²) in [5, 5.41) is 5.69. The van der Waals surface area contributed by atoms with Crippen molar-refractivity contribution < 1.29 is 19.1 Å². The summed E-state index contributed by atoms with van der Waals surface area (Å²) in [7, 11) is 0. The molecule has 1 aliphatic rings. The first-order valence-electron chi connectivity index (χ1n) is 10.7. The van der Waals surface area contributed by atoms with Gasteiger partial charge in [0.05, 0.1) is 6.54 Å². The maximum Gasteiger partial charge on any atom is 0.410 e. The molecule has 4 amide bonds. The summed E-state index contributed by atoms with van der Waals surface area (Å²) in [5.41, 5.74) is 1.93. The number of nitrogens with one attached hydrogen (secondary N) is 2. The fourth-order valence-electron chi connectivity index (χ4n) is 3.35. The lowest BCUT2D eigenvalue weighted by Gasteiger charge is -2.27. The Morgan fingerprint density at radius 3 is 2.56 bits per heavy atom. The summed E-state index contributed by atoms with van der Waals surface area (Å²) < 4.78 is 5.49. The molecule has 0 unspecified atom stereocenters. The lowest BCUT2D eigenvalue weighted by Crippen LogP contribution is -2.36. The van der Waals surface area contributed by atoms with Gasteiger partial charge in [0.25, 0.3) is 5.91 Å². The Balaban J connectivity index is 1.75. The molecule has 2 aromatic carbocycles. The third kappa shape index (κ3) is 5.78. The Hall–Kier alpha value is -3.55. The highest BCUT2D eigenvalue weighted by atomic mass is 16.6. The predicted octanol–water partition coefficient (Wildman–Crippen LogP) is 4.23. The molecule has 1 fully saturated rings. The van der Waals surface area contributed by atoms with E-state index in [1.807, 2.05) is 45.9 Å². The monoisotopic (exact) mass is 438 g/mol. The minimum absolute atomic E-state index is 0.172. The van der Waals surface area contributed by atoms with E-state index in [4.69, 9.17) is 4.74 Å². The third-order valence-electron chi connectivity index (χ3n) is 4.94. The van der Waals surface area contributed by atoms with Crippen LogP contribution in [0.25, 0.3) is 0 Å². The van der Waals surface area contributed by atoms with E-state index >= 15 is 0 Å². The van der Waals surface area contributed by atoms with Gasteiger partial charge in [0, 0.05) is 36.6 Å². The van der Waals surface area contributed by atoms with Gasteiger partial charge in [0.2, 0.25) is 0 Å². The van der Waals surface area contributed by atoms with Crippen LogP contribution in [0.4, 0.5) is 21.0 Å². The van der Waals surface area contributed by atoms with Crippen LogP contribution in [0.1, 0.15) is 43.6 Å². The van der Waals surface area contributed by atoms with Crippen LogP contribution in [0.3, 0.4) is 0 Å². The molecule has 0 aromatic heterocycles.